The minimum absolute atomic E-state index is 0.154. The Balaban J connectivity index is 2.44. The van der Waals surface area contributed by atoms with Crippen molar-refractivity contribution in [1.82, 2.24) is 0 Å². The van der Waals surface area contributed by atoms with Crippen LogP contribution in [0.3, 0.4) is 0 Å². The zero-order valence-corrected chi connectivity index (χ0v) is 15.5. The Labute approximate surface area is 153 Å². The van der Waals surface area contributed by atoms with Crippen LogP contribution < -0.4 is 9.47 Å². The van der Waals surface area contributed by atoms with Gasteiger partial charge in [0.15, 0.2) is 11.6 Å². The number of benzene rings is 1. The molecule has 1 aliphatic carbocycles. The van der Waals surface area contributed by atoms with Crippen molar-refractivity contribution in [3.63, 3.8) is 0 Å². The van der Waals surface area contributed by atoms with E-state index in [4.69, 9.17) is 9.47 Å². The number of nitrogens with zero attached hydrogens (tertiary/aromatic N) is 1. The van der Waals surface area contributed by atoms with Gasteiger partial charge in [-0.2, -0.15) is 0 Å². The normalized spacial score (nSPS) is 13.7. The molecule has 0 spiro atoms. The number of hydrogen-bond acceptors (Lipinski definition) is 6. The Hall–Kier alpha value is -2.63. The van der Waals surface area contributed by atoms with Crippen LogP contribution in [0, 0.1) is 0 Å². The molecule has 6 nitrogen and oxygen atoms in total. The van der Waals surface area contributed by atoms with Crippen molar-refractivity contribution >= 4 is 17.3 Å². The number of rotatable bonds is 9. The number of methoxy groups -OCH3 is 2. The largest absolute Gasteiger partial charge is 0.496 e. The fraction of sp³-hybridized carbons (Fsp3) is 0.450. The van der Waals surface area contributed by atoms with E-state index in [2.05, 4.69) is 12.1 Å². The van der Waals surface area contributed by atoms with E-state index in [1.165, 1.54) is 32.8 Å². The fourth-order valence-corrected chi connectivity index (χ4v) is 3.16. The standard InChI is InChI=1S/C20H25NO5/c1-4-5-6-7-8-9-14(21-24)13-12-17(25-2)18-15(22)10-11-16(23)19(18)20(13)26-3/h10-12,24H,4-9H2,1-3H3/b21-14-. The van der Waals surface area contributed by atoms with Gasteiger partial charge in [-0.3, -0.25) is 9.59 Å². The van der Waals surface area contributed by atoms with Crippen LogP contribution in [0.15, 0.2) is 23.4 Å². The average molecular weight is 359 g/mol. The molecule has 0 amide bonds. The van der Waals surface area contributed by atoms with Gasteiger partial charge in [0.1, 0.15) is 11.5 Å². The van der Waals surface area contributed by atoms with Gasteiger partial charge in [0.05, 0.1) is 31.1 Å². The molecule has 1 aliphatic rings. The Morgan fingerprint density at radius 2 is 1.65 bits per heavy atom. The number of unbranched alkanes of at least 4 members (excludes halogenated alkanes) is 4. The third kappa shape index (κ3) is 3.95. The minimum atomic E-state index is -0.336. The number of oxime groups is 1. The van der Waals surface area contributed by atoms with Crippen molar-refractivity contribution in [3.8, 4) is 11.5 Å². The van der Waals surface area contributed by atoms with Crippen LogP contribution in [0.1, 0.15) is 71.7 Å². The van der Waals surface area contributed by atoms with E-state index in [1.54, 1.807) is 6.07 Å². The van der Waals surface area contributed by atoms with Gasteiger partial charge in [-0.1, -0.05) is 37.8 Å². The highest BCUT2D eigenvalue weighted by Gasteiger charge is 2.31. The van der Waals surface area contributed by atoms with Crippen LogP contribution in [-0.2, 0) is 0 Å². The molecule has 0 saturated carbocycles. The van der Waals surface area contributed by atoms with Crippen molar-refractivity contribution in [2.75, 3.05) is 14.2 Å². The average Bonchev–Trinajstić information content (AvgIpc) is 2.66. The Bertz CT molecular complexity index is 749. The first-order valence-corrected chi connectivity index (χ1v) is 8.86. The van der Waals surface area contributed by atoms with Crippen LogP contribution >= 0.6 is 0 Å². The molecule has 0 atom stereocenters. The van der Waals surface area contributed by atoms with E-state index in [0.29, 0.717) is 17.7 Å². The Kier molecular flexibility index (Phi) is 6.95. The number of ketones is 2. The molecule has 0 radical (unpaired) electrons. The quantitative estimate of drug-likeness (QED) is 0.309. The Morgan fingerprint density at radius 1 is 1.00 bits per heavy atom. The lowest BCUT2D eigenvalue weighted by Gasteiger charge is -2.20. The van der Waals surface area contributed by atoms with Crippen LogP contribution in [-0.4, -0.2) is 36.7 Å². The lowest BCUT2D eigenvalue weighted by molar-refractivity contribution is 0.0989. The van der Waals surface area contributed by atoms with Gasteiger partial charge in [-0.05, 0) is 31.1 Å². The summed E-state index contributed by atoms with van der Waals surface area (Å²) in [5.74, 6) is -0.143. The summed E-state index contributed by atoms with van der Waals surface area (Å²) in [5.41, 5.74) is 1.22. The maximum Gasteiger partial charge on any atom is 0.190 e. The molecule has 2 rings (SSSR count). The van der Waals surface area contributed by atoms with Gasteiger partial charge in [0.2, 0.25) is 0 Å². The van der Waals surface area contributed by atoms with E-state index < -0.39 is 0 Å². The smallest absolute Gasteiger partial charge is 0.190 e. The lowest BCUT2D eigenvalue weighted by atomic mass is 9.88. The van der Waals surface area contributed by atoms with Crippen molar-refractivity contribution in [2.45, 2.75) is 45.4 Å². The van der Waals surface area contributed by atoms with Gasteiger partial charge in [0, 0.05) is 5.56 Å². The fourth-order valence-electron chi connectivity index (χ4n) is 3.16. The summed E-state index contributed by atoms with van der Waals surface area (Å²) >= 11 is 0. The third-order valence-corrected chi connectivity index (χ3v) is 4.50. The first kappa shape index (κ1) is 19.7. The first-order valence-electron chi connectivity index (χ1n) is 8.86. The zero-order chi connectivity index (χ0) is 19.1. The number of fused-ring (bicyclic) bond motifs is 1. The molecular formula is C20H25NO5. The monoisotopic (exact) mass is 359 g/mol. The molecule has 26 heavy (non-hydrogen) atoms. The predicted octanol–water partition coefficient (Wildman–Crippen LogP) is 4.18. The number of carbonyl (C=O) groups excluding carboxylic acids is 2. The molecule has 1 aromatic carbocycles. The van der Waals surface area contributed by atoms with Gasteiger partial charge in [-0.25, -0.2) is 0 Å². The van der Waals surface area contributed by atoms with Crippen molar-refractivity contribution in [2.24, 2.45) is 5.16 Å². The molecule has 0 bridgehead atoms. The summed E-state index contributed by atoms with van der Waals surface area (Å²) in [7, 11) is 2.86. The predicted molar refractivity (Wildman–Crippen MR) is 99.0 cm³/mol. The Morgan fingerprint density at radius 3 is 2.23 bits per heavy atom. The van der Waals surface area contributed by atoms with Gasteiger partial charge in [0.25, 0.3) is 0 Å². The second-order valence-corrected chi connectivity index (χ2v) is 6.18. The molecule has 140 valence electrons. The highest BCUT2D eigenvalue weighted by Crippen LogP contribution is 2.38. The summed E-state index contributed by atoms with van der Waals surface area (Å²) in [6.45, 7) is 2.15. The van der Waals surface area contributed by atoms with Crippen LogP contribution in [0.25, 0.3) is 0 Å². The van der Waals surface area contributed by atoms with Crippen LogP contribution in [0.4, 0.5) is 0 Å². The molecule has 1 aromatic rings. The van der Waals surface area contributed by atoms with Gasteiger partial charge < -0.3 is 14.7 Å². The van der Waals surface area contributed by atoms with Crippen LogP contribution in [0.2, 0.25) is 0 Å². The van der Waals surface area contributed by atoms with E-state index >= 15 is 0 Å². The van der Waals surface area contributed by atoms with Gasteiger partial charge in [-0.15, -0.1) is 0 Å². The molecular weight excluding hydrogens is 334 g/mol. The van der Waals surface area contributed by atoms with Crippen molar-refractivity contribution < 1.29 is 24.3 Å². The number of ether oxygens (including phenoxy) is 2. The lowest BCUT2D eigenvalue weighted by Crippen LogP contribution is -2.17. The van der Waals surface area contributed by atoms with E-state index in [-0.39, 0.29) is 34.2 Å². The van der Waals surface area contributed by atoms with E-state index in [0.717, 1.165) is 25.7 Å². The number of hydrogen-bond donors (Lipinski definition) is 1. The highest BCUT2D eigenvalue weighted by atomic mass is 16.5. The molecule has 0 unspecified atom stereocenters. The zero-order valence-electron chi connectivity index (χ0n) is 15.5. The summed E-state index contributed by atoms with van der Waals surface area (Å²) in [5, 5.41) is 12.9. The van der Waals surface area contributed by atoms with Crippen LogP contribution in [0.5, 0.6) is 11.5 Å². The summed E-state index contributed by atoms with van der Waals surface area (Å²) < 4.78 is 10.8. The van der Waals surface area contributed by atoms with Crippen molar-refractivity contribution in [1.29, 1.82) is 0 Å². The molecule has 6 heteroatoms. The van der Waals surface area contributed by atoms with E-state index in [1.807, 2.05) is 0 Å². The summed E-state index contributed by atoms with van der Waals surface area (Å²) in [6, 6.07) is 1.60. The van der Waals surface area contributed by atoms with Gasteiger partial charge >= 0.3 is 0 Å². The highest BCUT2D eigenvalue weighted by molar-refractivity contribution is 6.25. The molecule has 0 fully saturated rings. The van der Waals surface area contributed by atoms with E-state index in [9.17, 15) is 14.8 Å². The third-order valence-electron chi connectivity index (χ3n) is 4.50. The summed E-state index contributed by atoms with van der Waals surface area (Å²) in [6.07, 6.45) is 8.31. The molecule has 0 heterocycles. The maximum absolute atomic E-state index is 12.4. The second-order valence-electron chi connectivity index (χ2n) is 6.18. The topological polar surface area (TPSA) is 85.2 Å². The molecule has 0 aromatic heterocycles. The van der Waals surface area contributed by atoms with Crippen molar-refractivity contribution in [3.05, 3.63) is 34.9 Å². The second kappa shape index (κ2) is 9.17. The SMILES string of the molecule is CCCCCCC/C(=N/O)c1cc(OC)c2c(c1OC)C(=O)C=CC2=O. The molecule has 0 aliphatic heterocycles. The molecule has 0 saturated heterocycles. The summed E-state index contributed by atoms with van der Waals surface area (Å²) in [4.78, 5) is 24.6. The number of carbonyl (C=O) groups is 2. The molecule has 1 N–H and O–H groups in total. The minimum Gasteiger partial charge on any atom is -0.496 e. The first-order chi connectivity index (χ1) is 12.6. The number of allylic oxidation sites excluding steroid dienone is 2. The maximum atomic E-state index is 12.4.